The topological polar surface area (TPSA) is 98.6 Å². The van der Waals surface area contributed by atoms with Gasteiger partial charge in [-0.3, -0.25) is 4.98 Å². The van der Waals surface area contributed by atoms with E-state index in [9.17, 15) is 13.2 Å². The number of hydrogen-bond acceptors (Lipinski definition) is 7. The molecule has 0 aliphatic carbocycles. The highest BCUT2D eigenvalue weighted by Gasteiger charge is 2.34. The van der Waals surface area contributed by atoms with Gasteiger partial charge in [0, 0.05) is 11.8 Å². The first-order valence-corrected chi connectivity index (χ1v) is 9.83. The number of hydrogen-bond donors (Lipinski definition) is 1. The Morgan fingerprint density at radius 3 is 2.58 bits per heavy atom. The predicted molar refractivity (Wildman–Crippen MR) is 109 cm³/mol. The Hall–Kier alpha value is -3.34. The number of likely N-dealkylation sites (tertiary alicyclic amines) is 1. The minimum atomic E-state index is -4.60. The number of piperidine rings is 1. The molecule has 1 aliphatic rings. The Bertz CT molecular complexity index is 1270. The summed E-state index contributed by atoms with van der Waals surface area (Å²) < 4.78 is 41.7. The van der Waals surface area contributed by atoms with Crippen LogP contribution in [0.5, 0.6) is 0 Å². The summed E-state index contributed by atoms with van der Waals surface area (Å²) in [6, 6.07) is 4.49. The average molecular weight is 428 g/mol. The summed E-state index contributed by atoms with van der Waals surface area (Å²) in [5, 5.41) is 8.59. The maximum atomic E-state index is 13.3. The molecular formula is C20H19F3N8. The molecule has 2 N–H and O–H groups in total. The lowest BCUT2D eigenvalue weighted by molar-refractivity contribution is -0.137. The third-order valence-corrected chi connectivity index (χ3v) is 5.70. The first-order valence-electron chi connectivity index (χ1n) is 9.83. The van der Waals surface area contributed by atoms with Crippen LogP contribution in [0.1, 0.15) is 24.4 Å². The van der Waals surface area contributed by atoms with Gasteiger partial charge < -0.3 is 10.6 Å². The van der Waals surface area contributed by atoms with E-state index in [0.29, 0.717) is 22.2 Å². The third kappa shape index (κ3) is 3.44. The van der Waals surface area contributed by atoms with E-state index in [1.54, 1.807) is 18.3 Å². The molecule has 0 bridgehead atoms. The number of nitrogens with two attached hydrogens (primary N) is 1. The van der Waals surface area contributed by atoms with Crippen molar-refractivity contribution in [3.05, 3.63) is 36.2 Å². The highest BCUT2D eigenvalue weighted by Crippen LogP contribution is 2.35. The van der Waals surface area contributed by atoms with Crippen molar-refractivity contribution in [1.82, 2.24) is 34.8 Å². The Balaban J connectivity index is 1.66. The number of anilines is 1. The third-order valence-electron chi connectivity index (χ3n) is 5.70. The van der Waals surface area contributed by atoms with E-state index in [4.69, 9.17) is 5.73 Å². The van der Waals surface area contributed by atoms with E-state index in [2.05, 4.69) is 37.2 Å². The van der Waals surface area contributed by atoms with Gasteiger partial charge in [0.05, 0.1) is 29.0 Å². The van der Waals surface area contributed by atoms with Crippen molar-refractivity contribution in [2.45, 2.75) is 25.1 Å². The van der Waals surface area contributed by atoms with Gasteiger partial charge in [0.25, 0.3) is 0 Å². The Kier molecular flexibility index (Phi) is 4.50. The minimum absolute atomic E-state index is 0.173. The van der Waals surface area contributed by atoms with Crippen molar-refractivity contribution in [1.29, 1.82) is 0 Å². The zero-order chi connectivity index (χ0) is 21.8. The van der Waals surface area contributed by atoms with E-state index < -0.39 is 17.6 Å². The van der Waals surface area contributed by atoms with Crippen LogP contribution in [0.3, 0.4) is 0 Å². The van der Waals surface area contributed by atoms with E-state index in [-0.39, 0.29) is 11.6 Å². The maximum Gasteiger partial charge on any atom is 0.419 e. The molecule has 160 valence electrons. The van der Waals surface area contributed by atoms with E-state index in [1.807, 2.05) is 4.68 Å². The molecule has 1 aliphatic heterocycles. The van der Waals surface area contributed by atoms with Gasteiger partial charge in [0.15, 0.2) is 0 Å². The Morgan fingerprint density at radius 2 is 1.84 bits per heavy atom. The molecule has 8 nitrogen and oxygen atoms in total. The van der Waals surface area contributed by atoms with Crippen LogP contribution in [-0.2, 0) is 6.18 Å². The second-order valence-electron chi connectivity index (χ2n) is 7.78. The molecule has 0 amide bonds. The average Bonchev–Trinajstić information content (AvgIpc) is 3.18. The summed E-state index contributed by atoms with van der Waals surface area (Å²) in [5.41, 5.74) is 7.51. The van der Waals surface area contributed by atoms with E-state index in [0.717, 1.165) is 37.5 Å². The molecule has 31 heavy (non-hydrogen) atoms. The molecule has 0 atom stereocenters. The highest BCUT2D eigenvalue weighted by molar-refractivity contribution is 5.99. The molecule has 1 fully saturated rings. The van der Waals surface area contributed by atoms with Crippen molar-refractivity contribution in [3.8, 4) is 11.3 Å². The summed E-state index contributed by atoms with van der Waals surface area (Å²) in [4.78, 5) is 15.0. The number of rotatable bonds is 2. The molecule has 4 aromatic rings. The molecule has 11 heteroatoms. The number of aromatic nitrogens is 6. The SMILES string of the molecule is CN1CCC(n2nnc3cnc4ccc(-c5cnc(N)c(C(F)(F)F)c5)nc4c32)CC1. The summed E-state index contributed by atoms with van der Waals surface area (Å²) in [6.07, 6.45) is 0.183. The number of halogens is 3. The minimum Gasteiger partial charge on any atom is -0.383 e. The predicted octanol–water partition coefficient (Wildman–Crippen LogP) is 3.30. The van der Waals surface area contributed by atoms with Crippen LogP contribution in [0, 0.1) is 0 Å². The fraction of sp³-hybridized carbons (Fsp3) is 0.350. The standard InChI is InChI=1S/C20H19F3N8/c1-30-6-4-12(5-7-30)31-18-16(28-29-31)10-25-15-3-2-14(27-17(15)18)11-8-13(20(21,22)23)19(24)26-9-11/h2-3,8-10,12H,4-7H2,1H3,(H2,24,26). The Labute approximate surface area is 174 Å². The van der Waals surface area contributed by atoms with Crippen LogP contribution in [0.2, 0.25) is 0 Å². The molecule has 4 aromatic heterocycles. The van der Waals surface area contributed by atoms with Crippen LogP contribution < -0.4 is 5.73 Å². The van der Waals surface area contributed by atoms with Gasteiger partial charge in [0.2, 0.25) is 0 Å². The molecule has 0 spiro atoms. The van der Waals surface area contributed by atoms with E-state index in [1.165, 1.54) is 6.20 Å². The molecule has 1 saturated heterocycles. The summed E-state index contributed by atoms with van der Waals surface area (Å²) in [5.74, 6) is -0.564. The molecule has 0 saturated carbocycles. The summed E-state index contributed by atoms with van der Waals surface area (Å²) in [7, 11) is 2.08. The number of fused-ring (bicyclic) bond motifs is 3. The first-order chi connectivity index (χ1) is 14.8. The monoisotopic (exact) mass is 428 g/mol. The van der Waals surface area contributed by atoms with Crippen molar-refractivity contribution >= 4 is 27.9 Å². The second kappa shape index (κ2) is 7.12. The molecule has 0 aromatic carbocycles. The summed E-state index contributed by atoms with van der Waals surface area (Å²) in [6.45, 7) is 1.90. The van der Waals surface area contributed by atoms with E-state index >= 15 is 0 Å². The fourth-order valence-electron chi connectivity index (χ4n) is 3.98. The highest BCUT2D eigenvalue weighted by atomic mass is 19.4. The van der Waals surface area contributed by atoms with Gasteiger partial charge in [0.1, 0.15) is 22.4 Å². The largest absolute Gasteiger partial charge is 0.419 e. The van der Waals surface area contributed by atoms with Crippen molar-refractivity contribution < 1.29 is 13.2 Å². The molecule has 0 radical (unpaired) electrons. The normalized spacial score (nSPS) is 16.4. The zero-order valence-corrected chi connectivity index (χ0v) is 16.6. The Morgan fingerprint density at radius 1 is 1.06 bits per heavy atom. The number of alkyl halides is 3. The molecule has 5 rings (SSSR count). The van der Waals surface area contributed by atoms with Crippen LogP contribution in [-0.4, -0.2) is 55.0 Å². The smallest absolute Gasteiger partial charge is 0.383 e. The lowest BCUT2D eigenvalue weighted by Gasteiger charge is -2.29. The lowest BCUT2D eigenvalue weighted by Crippen LogP contribution is -2.31. The second-order valence-corrected chi connectivity index (χ2v) is 7.78. The van der Waals surface area contributed by atoms with Gasteiger partial charge in [-0.1, -0.05) is 5.21 Å². The number of nitrogen functional groups attached to an aromatic ring is 1. The van der Waals surface area contributed by atoms with Crippen molar-refractivity contribution in [3.63, 3.8) is 0 Å². The fourth-order valence-corrected chi connectivity index (χ4v) is 3.98. The lowest BCUT2D eigenvalue weighted by atomic mass is 10.1. The van der Waals surface area contributed by atoms with Gasteiger partial charge in [-0.15, -0.1) is 5.10 Å². The van der Waals surface area contributed by atoms with Gasteiger partial charge >= 0.3 is 6.18 Å². The van der Waals surface area contributed by atoms with Crippen LogP contribution >= 0.6 is 0 Å². The van der Waals surface area contributed by atoms with Gasteiger partial charge in [-0.25, -0.2) is 14.6 Å². The van der Waals surface area contributed by atoms with Crippen molar-refractivity contribution in [2.75, 3.05) is 25.9 Å². The molecule has 0 unspecified atom stereocenters. The van der Waals surface area contributed by atoms with Crippen LogP contribution in [0.15, 0.2) is 30.6 Å². The van der Waals surface area contributed by atoms with Crippen LogP contribution in [0.4, 0.5) is 19.0 Å². The van der Waals surface area contributed by atoms with Gasteiger partial charge in [-0.2, -0.15) is 13.2 Å². The van der Waals surface area contributed by atoms with Crippen molar-refractivity contribution in [2.24, 2.45) is 0 Å². The number of pyridine rings is 3. The quantitative estimate of drug-likeness (QED) is 0.523. The zero-order valence-electron chi connectivity index (χ0n) is 16.6. The molecular weight excluding hydrogens is 409 g/mol. The first kappa shape index (κ1) is 19.6. The van der Waals surface area contributed by atoms with Gasteiger partial charge in [-0.05, 0) is 51.2 Å². The number of nitrogens with zero attached hydrogens (tertiary/aromatic N) is 7. The summed E-state index contributed by atoms with van der Waals surface area (Å²) >= 11 is 0. The maximum absolute atomic E-state index is 13.3. The van der Waals surface area contributed by atoms with Crippen LogP contribution in [0.25, 0.3) is 33.3 Å². The molecule has 5 heterocycles.